The van der Waals surface area contributed by atoms with Crippen LogP contribution in [0.5, 0.6) is 0 Å². The monoisotopic (exact) mass is 244 g/mol. The van der Waals surface area contributed by atoms with E-state index in [0.717, 1.165) is 5.56 Å². The molecule has 18 heavy (non-hydrogen) atoms. The van der Waals surface area contributed by atoms with Gasteiger partial charge in [-0.05, 0) is 12.0 Å². The van der Waals surface area contributed by atoms with Crippen LogP contribution in [0.4, 0.5) is 4.79 Å². The number of rotatable bonds is 1. The summed E-state index contributed by atoms with van der Waals surface area (Å²) in [6, 6.07) is 8.68. The summed E-state index contributed by atoms with van der Waals surface area (Å²) in [6.45, 7) is 1.87. The van der Waals surface area contributed by atoms with E-state index >= 15 is 0 Å². The van der Waals surface area contributed by atoms with E-state index in [4.69, 9.17) is 0 Å². The molecule has 2 N–H and O–H groups in total. The normalized spacial score (nSPS) is 28.8. The van der Waals surface area contributed by atoms with Crippen LogP contribution in [0.1, 0.15) is 18.9 Å². The summed E-state index contributed by atoms with van der Waals surface area (Å²) >= 11 is 0. The first-order chi connectivity index (χ1) is 8.50. The van der Waals surface area contributed by atoms with Crippen LogP contribution in [0.3, 0.4) is 0 Å². The fourth-order valence-electron chi connectivity index (χ4n) is 2.86. The molecule has 5 heteroatoms. The molecule has 0 unspecified atom stereocenters. The van der Waals surface area contributed by atoms with Crippen LogP contribution in [-0.2, 0) is 15.0 Å². The van der Waals surface area contributed by atoms with Crippen LogP contribution in [0, 0.1) is 5.41 Å². The Morgan fingerprint density at radius 1 is 1.00 bits per heavy atom. The van der Waals surface area contributed by atoms with E-state index in [1.807, 2.05) is 37.3 Å². The predicted octanol–water partition coefficient (Wildman–Crippen LogP) is 0.700. The van der Waals surface area contributed by atoms with Gasteiger partial charge in [0.05, 0.1) is 0 Å². The Bertz CT molecular complexity index is 547. The first kappa shape index (κ1) is 11.0. The standard InChI is InChI=1S/C13H12N2O3/c1-12(8-5-3-2-4-6-8)7-13(12)9(16)14-11(18)15-10(13)17/h2-6H,7H2,1H3,(H2,14,15,16,17,18)/t12-/m0/s1. The van der Waals surface area contributed by atoms with Crippen molar-refractivity contribution in [3.63, 3.8) is 0 Å². The molecule has 2 fully saturated rings. The van der Waals surface area contributed by atoms with Gasteiger partial charge in [0, 0.05) is 5.41 Å². The Kier molecular flexibility index (Phi) is 1.94. The fraction of sp³-hybridized carbons (Fsp3) is 0.308. The molecule has 2 aliphatic rings. The van der Waals surface area contributed by atoms with Crippen molar-refractivity contribution in [2.45, 2.75) is 18.8 Å². The summed E-state index contributed by atoms with van der Waals surface area (Å²) in [5.74, 6) is -0.995. The lowest BCUT2D eigenvalue weighted by molar-refractivity contribution is -0.138. The smallest absolute Gasteiger partial charge is 0.277 e. The minimum atomic E-state index is -1.14. The second-order valence-corrected chi connectivity index (χ2v) is 5.02. The van der Waals surface area contributed by atoms with E-state index < -0.39 is 28.7 Å². The first-order valence-electron chi connectivity index (χ1n) is 5.73. The van der Waals surface area contributed by atoms with Gasteiger partial charge in [-0.1, -0.05) is 37.3 Å². The molecule has 0 aromatic heterocycles. The van der Waals surface area contributed by atoms with E-state index in [1.165, 1.54) is 0 Å². The maximum Gasteiger partial charge on any atom is 0.328 e. The lowest BCUT2D eigenvalue weighted by Gasteiger charge is -2.25. The van der Waals surface area contributed by atoms with Gasteiger partial charge in [-0.15, -0.1) is 0 Å². The highest BCUT2D eigenvalue weighted by Crippen LogP contribution is 2.65. The number of carbonyl (C=O) groups is 3. The molecule has 1 aliphatic heterocycles. The number of nitrogens with one attached hydrogen (secondary N) is 2. The summed E-state index contributed by atoms with van der Waals surface area (Å²) in [5, 5.41) is 4.36. The molecule has 1 aliphatic carbocycles. The number of hydrogen-bond donors (Lipinski definition) is 2. The van der Waals surface area contributed by atoms with E-state index in [9.17, 15) is 14.4 Å². The van der Waals surface area contributed by atoms with Gasteiger partial charge in [-0.25, -0.2) is 4.79 Å². The molecule has 4 amide bonds. The summed E-state index contributed by atoms with van der Waals surface area (Å²) in [4.78, 5) is 35.1. The zero-order valence-electron chi connectivity index (χ0n) is 9.82. The lowest BCUT2D eigenvalue weighted by atomic mass is 9.85. The number of hydrogen-bond acceptors (Lipinski definition) is 3. The molecule has 1 aromatic rings. The van der Waals surface area contributed by atoms with Crippen LogP contribution < -0.4 is 10.6 Å². The maximum atomic E-state index is 12.0. The molecule has 92 valence electrons. The van der Waals surface area contributed by atoms with Gasteiger partial charge in [0.15, 0.2) is 0 Å². The topological polar surface area (TPSA) is 75.3 Å². The van der Waals surface area contributed by atoms with Crippen molar-refractivity contribution in [1.82, 2.24) is 10.6 Å². The maximum absolute atomic E-state index is 12.0. The van der Waals surface area contributed by atoms with Crippen molar-refractivity contribution in [3.8, 4) is 0 Å². The fourth-order valence-corrected chi connectivity index (χ4v) is 2.86. The SMILES string of the molecule is C[C@@]1(c2ccccc2)CC12C(=O)NC(=O)NC2=O. The third-order valence-electron chi connectivity index (χ3n) is 4.08. The molecular formula is C13H12N2O3. The summed E-state index contributed by atoms with van der Waals surface area (Å²) in [5.41, 5.74) is -0.740. The second-order valence-electron chi connectivity index (χ2n) is 5.02. The van der Waals surface area contributed by atoms with Crippen LogP contribution >= 0.6 is 0 Å². The average molecular weight is 244 g/mol. The summed E-state index contributed by atoms with van der Waals surface area (Å²) in [6.07, 6.45) is 0.426. The van der Waals surface area contributed by atoms with Gasteiger partial charge in [0.1, 0.15) is 5.41 Å². The number of benzene rings is 1. The van der Waals surface area contributed by atoms with Crippen LogP contribution in [-0.4, -0.2) is 17.8 Å². The zero-order valence-corrected chi connectivity index (χ0v) is 9.82. The van der Waals surface area contributed by atoms with E-state index in [-0.39, 0.29) is 0 Å². The third kappa shape index (κ3) is 1.13. The molecule has 1 saturated heterocycles. The minimum absolute atomic E-state index is 0.426. The Labute approximate surface area is 104 Å². The molecule has 1 spiro atoms. The number of barbiturate groups is 1. The Hall–Kier alpha value is -2.17. The van der Waals surface area contributed by atoms with Crippen molar-refractivity contribution >= 4 is 17.8 Å². The highest BCUT2D eigenvalue weighted by atomic mass is 16.2. The van der Waals surface area contributed by atoms with Gasteiger partial charge in [0.25, 0.3) is 0 Å². The van der Waals surface area contributed by atoms with Gasteiger partial charge in [-0.3, -0.25) is 20.2 Å². The number of amides is 4. The quantitative estimate of drug-likeness (QED) is 0.714. The molecule has 0 bridgehead atoms. The van der Waals surface area contributed by atoms with Crippen molar-refractivity contribution in [1.29, 1.82) is 0 Å². The summed E-state index contributed by atoms with van der Waals surface area (Å²) < 4.78 is 0. The molecular weight excluding hydrogens is 232 g/mol. The van der Waals surface area contributed by atoms with Crippen molar-refractivity contribution in [2.24, 2.45) is 5.41 Å². The first-order valence-corrected chi connectivity index (χ1v) is 5.73. The van der Waals surface area contributed by atoms with Crippen molar-refractivity contribution in [2.75, 3.05) is 0 Å². The third-order valence-corrected chi connectivity index (χ3v) is 4.08. The number of urea groups is 1. The van der Waals surface area contributed by atoms with Gasteiger partial charge < -0.3 is 0 Å². The molecule has 1 heterocycles. The Morgan fingerprint density at radius 2 is 1.56 bits per heavy atom. The minimum Gasteiger partial charge on any atom is -0.277 e. The largest absolute Gasteiger partial charge is 0.328 e. The zero-order chi connectivity index (χ0) is 13.0. The molecule has 1 saturated carbocycles. The highest BCUT2D eigenvalue weighted by Gasteiger charge is 2.76. The van der Waals surface area contributed by atoms with Crippen molar-refractivity contribution < 1.29 is 14.4 Å². The van der Waals surface area contributed by atoms with Crippen molar-refractivity contribution in [3.05, 3.63) is 35.9 Å². The molecule has 1 atom stereocenters. The molecule has 1 aromatic carbocycles. The van der Waals surface area contributed by atoms with Gasteiger partial charge in [-0.2, -0.15) is 0 Å². The number of imide groups is 2. The Balaban J connectivity index is 2.03. The van der Waals surface area contributed by atoms with Crippen LogP contribution in [0.15, 0.2) is 30.3 Å². The van der Waals surface area contributed by atoms with Gasteiger partial charge >= 0.3 is 6.03 Å². The Morgan fingerprint density at radius 3 is 2.11 bits per heavy atom. The predicted molar refractivity (Wildman–Crippen MR) is 62.5 cm³/mol. The number of carbonyl (C=O) groups excluding carboxylic acids is 3. The van der Waals surface area contributed by atoms with E-state index in [0.29, 0.717) is 6.42 Å². The lowest BCUT2D eigenvalue weighted by Crippen LogP contribution is -2.59. The summed E-state index contributed by atoms with van der Waals surface area (Å²) in [7, 11) is 0. The molecule has 0 radical (unpaired) electrons. The average Bonchev–Trinajstić information content (AvgIpc) is 2.98. The van der Waals surface area contributed by atoms with Crippen LogP contribution in [0.2, 0.25) is 0 Å². The van der Waals surface area contributed by atoms with Gasteiger partial charge in [0.2, 0.25) is 11.8 Å². The van der Waals surface area contributed by atoms with E-state index in [1.54, 1.807) is 0 Å². The molecule has 3 rings (SSSR count). The highest BCUT2D eigenvalue weighted by molar-refractivity contribution is 6.22. The van der Waals surface area contributed by atoms with Crippen LogP contribution in [0.25, 0.3) is 0 Å². The molecule has 5 nitrogen and oxygen atoms in total. The second kappa shape index (κ2) is 3.19. The van der Waals surface area contributed by atoms with E-state index in [2.05, 4.69) is 10.6 Å².